The Morgan fingerprint density at radius 1 is 0.196 bits per heavy atom. The van der Waals surface area contributed by atoms with Crippen LogP contribution in [-0.4, -0.2) is 0 Å². The largest absolute Gasteiger partial charge is 0.309 e. The molecular weight excluding hydrogens is 677 g/mol. The molecule has 0 saturated carbocycles. The van der Waals surface area contributed by atoms with Crippen molar-refractivity contribution >= 4 is 88.4 Å². The molecule has 0 radical (unpaired) electrons. The van der Waals surface area contributed by atoms with Crippen LogP contribution in [0.15, 0.2) is 206 Å². The molecule has 2 aliphatic rings. The second kappa shape index (κ2) is 12.0. The fraction of sp³-hybridized carbons (Fsp3) is 0. The first kappa shape index (κ1) is 31.0. The molecule has 56 heavy (non-hydrogen) atoms. The quantitative estimate of drug-likeness (QED) is 0.165. The van der Waals surface area contributed by atoms with Crippen LogP contribution in [0.5, 0.6) is 0 Å². The predicted octanol–water partition coefficient (Wildman–Crippen LogP) is 14.9. The van der Waals surface area contributed by atoms with E-state index in [1.165, 1.54) is 111 Å². The fourth-order valence-electron chi connectivity index (χ4n) is 9.57. The molecule has 0 amide bonds. The first-order valence-electron chi connectivity index (χ1n) is 19.4. The Morgan fingerprint density at radius 2 is 0.500 bits per heavy atom. The lowest BCUT2D eigenvalue weighted by molar-refractivity contribution is 1.23. The van der Waals surface area contributed by atoms with E-state index in [-0.39, 0.29) is 0 Å². The van der Waals surface area contributed by atoms with Gasteiger partial charge in [-0.25, -0.2) is 0 Å². The molecule has 10 aromatic rings. The van der Waals surface area contributed by atoms with Crippen molar-refractivity contribution in [1.29, 1.82) is 0 Å². The van der Waals surface area contributed by atoms with E-state index in [4.69, 9.17) is 0 Å². The highest BCUT2D eigenvalue weighted by atomic mass is 15.2. The van der Waals surface area contributed by atoms with Gasteiger partial charge in [0, 0.05) is 44.2 Å². The van der Waals surface area contributed by atoms with Crippen LogP contribution in [0.2, 0.25) is 0 Å². The molecule has 0 aromatic heterocycles. The van der Waals surface area contributed by atoms with Crippen molar-refractivity contribution in [2.24, 2.45) is 0 Å². The Labute approximate surface area is 325 Å². The Bertz CT molecular complexity index is 2960. The summed E-state index contributed by atoms with van der Waals surface area (Å²) in [6.45, 7) is 0. The first-order valence-corrected chi connectivity index (χ1v) is 19.4. The maximum atomic E-state index is 2.49. The number of nitrogens with zero attached hydrogens (tertiary/aromatic N) is 2. The number of hydrogen-bond donors (Lipinski definition) is 0. The third kappa shape index (κ3) is 4.38. The molecule has 260 valence electrons. The normalized spacial score (nSPS) is 13.2. The number of para-hydroxylation sites is 4. The highest BCUT2D eigenvalue weighted by Crippen LogP contribution is 2.57. The van der Waals surface area contributed by atoms with Crippen LogP contribution in [0, 0.1) is 0 Å². The molecule has 0 aliphatic carbocycles. The molecule has 0 bridgehead atoms. The molecule has 0 N–H and O–H groups in total. The van der Waals surface area contributed by atoms with Crippen LogP contribution in [0.3, 0.4) is 0 Å². The van der Waals surface area contributed by atoms with Gasteiger partial charge in [-0.3, -0.25) is 0 Å². The van der Waals surface area contributed by atoms with Crippen molar-refractivity contribution in [2.45, 2.75) is 0 Å². The number of fused-ring (bicyclic) bond motifs is 10. The summed E-state index contributed by atoms with van der Waals surface area (Å²) in [4.78, 5) is 4.97. The van der Waals surface area contributed by atoms with E-state index in [1.807, 2.05) is 0 Å². The first-order chi connectivity index (χ1) is 27.8. The highest BCUT2D eigenvalue weighted by molar-refractivity contribution is 6.21. The summed E-state index contributed by atoms with van der Waals surface area (Å²) >= 11 is 0. The van der Waals surface area contributed by atoms with Crippen LogP contribution in [0.25, 0.3) is 54.2 Å². The molecular formula is C54H34N2. The maximum absolute atomic E-state index is 2.49. The van der Waals surface area contributed by atoms with Gasteiger partial charge in [-0.15, -0.1) is 0 Å². The van der Waals surface area contributed by atoms with Gasteiger partial charge in [-0.05, 0) is 68.7 Å². The molecule has 2 heteroatoms. The lowest BCUT2D eigenvalue weighted by Crippen LogP contribution is -2.22. The van der Waals surface area contributed by atoms with Gasteiger partial charge < -0.3 is 9.80 Å². The van der Waals surface area contributed by atoms with E-state index >= 15 is 0 Å². The standard InChI is InChI=1S/C54H34N2/c1-3-17-37-35(15-1)31-33-41-39(37)23-13-29-47(41)55-49-25-9-5-19-43(49)53(44-20-6-10-26-50(44)55)54-45-21-7-11-27-51(45)56(52-28-12-8-22-46(52)54)48-30-14-24-40-38-18-4-2-16-36(38)32-34-42(40)48/h1-34H. The van der Waals surface area contributed by atoms with Crippen molar-refractivity contribution in [2.75, 3.05) is 9.80 Å². The van der Waals surface area contributed by atoms with Crippen molar-refractivity contribution in [1.82, 2.24) is 0 Å². The Kier molecular flexibility index (Phi) is 6.66. The molecule has 2 heterocycles. The fourth-order valence-corrected chi connectivity index (χ4v) is 9.57. The zero-order valence-electron chi connectivity index (χ0n) is 30.5. The van der Waals surface area contributed by atoms with Gasteiger partial charge in [0.15, 0.2) is 0 Å². The van der Waals surface area contributed by atoms with Gasteiger partial charge in [0.25, 0.3) is 0 Å². The number of hydrogen-bond acceptors (Lipinski definition) is 2. The number of benzene rings is 10. The molecule has 0 saturated heterocycles. The van der Waals surface area contributed by atoms with Gasteiger partial charge in [0.1, 0.15) is 0 Å². The van der Waals surface area contributed by atoms with E-state index in [1.54, 1.807) is 0 Å². The summed E-state index contributed by atoms with van der Waals surface area (Å²) in [5.74, 6) is 0. The van der Waals surface area contributed by atoms with Crippen molar-refractivity contribution in [3.05, 3.63) is 229 Å². The minimum absolute atomic E-state index is 1.17. The molecule has 0 atom stereocenters. The second-order valence-electron chi connectivity index (χ2n) is 14.8. The minimum atomic E-state index is 1.17. The van der Waals surface area contributed by atoms with Gasteiger partial charge in [0.2, 0.25) is 0 Å². The van der Waals surface area contributed by atoms with Crippen molar-refractivity contribution in [3.63, 3.8) is 0 Å². The van der Waals surface area contributed by atoms with Crippen LogP contribution in [-0.2, 0) is 0 Å². The monoisotopic (exact) mass is 710 g/mol. The SMILES string of the molecule is c1ccc2c(c1)C(=C1c3ccccc3N(c3cccc4c3ccc3ccccc34)c3ccccc31)c1ccccc1N2c1cccc2c1ccc1ccccc12. The van der Waals surface area contributed by atoms with Crippen molar-refractivity contribution in [3.8, 4) is 0 Å². The average molecular weight is 711 g/mol. The maximum Gasteiger partial charge on any atom is 0.0540 e. The Morgan fingerprint density at radius 3 is 0.893 bits per heavy atom. The third-order valence-electron chi connectivity index (χ3n) is 11.9. The van der Waals surface area contributed by atoms with Gasteiger partial charge in [-0.1, -0.05) is 170 Å². The molecule has 0 fully saturated rings. The van der Waals surface area contributed by atoms with Crippen molar-refractivity contribution < 1.29 is 0 Å². The van der Waals surface area contributed by atoms with Gasteiger partial charge in [0.05, 0.1) is 34.1 Å². The van der Waals surface area contributed by atoms with E-state index in [9.17, 15) is 0 Å². The lowest BCUT2D eigenvalue weighted by atomic mass is 9.79. The summed E-state index contributed by atoms with van der Waals surface area (Å²) in [6.07, 6.45) is 0. The van der Waals surface area contributed by atoms with Crippen LogP contribution >= 0.6 is 0 Å². The Hall–Kier alpha value is -7.42. The smallest absolute Gasteiger partial charge is 0.0540 e. The topological polar surface area (TPSA) is 6.48 Å². The highest BCUT2D eigenvalue weighted by Gasteiger charge is 2.35. The summed E-state index contributed by atoms with van der Waals surface area (Å²) in [6, 6.07) is 75.9. The average Bonchev–Trinajstić information content (AvgIpc) is 3.27. The third-order valence-corrected chi connectivity index (χ3v) is 11.9. The molecule has 10 aromatic carbocycles. The molecule has 0 unspecified atom stereocenters. The molecule has 2 aliphatic heterocycles. The summed E-state index contributed by atoms with van der Waals surface area (Å²) in [7, 11) is 0. The molecule has 12 rings (SSSR count). The molecule has 0 spiro atoms. The van der Waals surface area contributed by atoms with Crippen LogP contribution in [0.1, 0.15) is 22.3 Å². The zero-order chi connectivity index (χ0) is 36.7. The zero-order valence-corrected chi connectivity index (χ0v) is 30.5. The van der Waals surface area contributed by atoms with E-state index < -0.39 is 0 Å². The second-order valence-corrected chi connectivity index (χ2v) is 14.8. The van der Waals surface area contributed by atoms with E-state index in [0.29, 0.717) is 0 Å². The molecule has 2 nitrogen and oxygen atoms in total. The van der Waals surface area contributed by atoms with Crippen LogP contribution in [0.4, 0.5) is 34.1 Å². The van der Waals surface area contributed by atoms with Gasteiger partial charge >= 0.3 is 0 Å². The Balaban J connectivity index is 1.14. The number of anilines is 6. The number of rotatable bonds is 2. The van der Waals surface area contributed by atoms with Crippen LogP contribution < -0.4 is 9.80 Å². The summed E-state index contributed by atoms with van der Waals surface area (Å²) in [5, 5.41) is 10.0. The predicted molar refractivity (Wildman–Crippen MR) is 237 cm³/mol. The summed E-state index contributed by atoms with van der Waals surface area (Å²) < 4.78 is 0. The minimum Gasteiger partial charge on any atom is -0.309 e. The summed E-state index contributed by atoms with van der Waals surface area (Å²) in [5.41, 5.74) is 14.4. The lowest BCUT2D eigenvalue weighted by Gasteiger charge is -2.39. The van der Waals surface area contributed by atoms with Gasteiger partial charge in [-0.2, -0.15) is 0 Å². The van der Waals surface area contributed by atoms with E-state index in [0.717, 1.165) is 0 Å². The van der Waals surface area contributed by atoms with E-state index in [2.05, 4.69) is 216 Å².